The topological polar surface area (TPSA) is 86.0 Å². The van der Waals surface area contributed by atoms with E-state index in [-0.39, 0.29) is 5.69 Å². The standard InChI is InChI=1S/C21H22F3N3O4/c1-4-7-15-10-14(11-19(30-5-2)20(15)31-6-3)13-25-26-17-9-8-16(21(22,23)24)12-18(17)27(28)29/h4,8-13,26H,1,5-7H2,2-3H3/b25-13-. The second-order valence-electron chi connectivity index (χ2n) is 6.22. The third-order valence-electron chi connectivity index (χ3n) is 4.03. The van der Waals surface area contributed by atoms with Crippen molar-refractivity contribution < 1.29 is 27.6 Å². The zero-order valence-corrected chi connectivity index (χ0v) is 17.0. The molecule has 2 rings (SSSR count). The molecule has 1 N–H and O–H groups in total. The predicted molar refractivity (Wildman–Crippen MR) is 112 cm³/mol. The highest BCUT2D eigenvalue weighted by Gasteiger charge is 2.33. The average molecular weight is 437 g/mol. The molecule has 0 unspecified atom stereocenters. The number of nitrogens with zero attached hydrogens (tertiary/aromatic N) is 2. The van der Waals surface area contributed by atoms with Gasteiger partial charge in [-0.25, -0.2) is 0 Å². The van der Waals surface area contributed by atoms with Crippen LogP contribution in [0.4, 0.5) is 24.5 Å². The largest absolute Gasteiger partial charge is 0.490 e. The number of hydrogen-bond acceptors (Lipinski definition) is 6. The first-order valence-electron chi connectivity index (χ1n) is 9.39. The molecule has 0 fully saturated rings. The lowest BCUT2D eigenvalue weighted by Gasteiger charge is -2.15. The van der Waals surface area contributed by atoms with E-state index in [0.717, 1.165) is 17.7 Å². The van der Waals surface area contributed by atoms with E-state index < -0.39 is 22.4 Å². The predicted octanol–water partition coefficient (Wildman–Crippen LogP) is 5.59. The fourth-order valence-corrected chi connectivity index (χ4v) is 2.77. The van der Waals surface area contributed by atoms with Crippen LogP contribution in [0.25, 0.3) is 0 Å². The lowest BCUT2D eigenvalue weighted by molar-refractivity contribution is -0.384. The number of nitro groups is 1. The van der Waals surface area contributed by atoms with Crippen LogP contribution >= 0.6 is 0 Å². The molecule has 0 heterocycles. The van der Waals surface area contributed by atoms with Crippen molar-refractivity contribution >= 4 is 17.6 Å². The number of nitrogens with one attached hydrogen (secondary N) is 1. The van der Waals surface area contributed by atoms with E-state index >= 15 is 0 Å². The second-order valence-corrected chi connectivity index (χ2v) is 6.22. The highest BCUT2D eigenvalue weighted by molar-refractivity contribution is 5.82. The molecule has 0 bridgehead atoms. The summed E-state index contributed by atoms with van der Waals surface area (Å²) < 4.78 is 49.8. The molecular weight excluding hydrogens is 415 g/mol. The van der Waals surface area contributed by atoms with Crippen molar-refractivity contribution in [1.82, 2.24) is 0 Å². The third kappa shape index (κ3) is 6.21. The second kappa shape index (κ2) is 10.5. The van der Waals surface area contributed by atoms with Gasteiger partial charge in [0.15, 0.2) is 11.5 Å². The Balaban J connectivity index is 2.35. The molecule has 2 aromatic carbocycles. The average Bonchev–Trinajstić information content (AvgIpc) is 2.70. The molecule has 2 aromatic rings. The number of hydrazone groups is 1. The normalized spacial score (nSPS) is 11.4. The minimum Gasteiger partial charge on any atom is -0.490 e. The summed E-state index contributed by atoms with van der Waals surface area (Å²) in [4.78, 5) is 10.3. The number of anilines is 1. The van der Waals surface area contributed by atoms with Gasteiger partial charge in [-0.1, -0.05) is 6.08 Å². The lowest BCUT2D eigenvalue weighted by atomic mass is 10.1. The van der Waals surface area contributed by atoms with Crippen LogP contribution in [0, 0.1) is 10.1 Å². The molecule has 0 spiro atoms. The molecule has 166 valence electrons. The summed E-state index contributed by atoms with van der Waals surface area (Å²) in [6.07, 6.45) is -1.09. The number of rotatable bonds is 10. The van der Waals surface area contributed by atoms with E-state index in [1.54, 1.807) is 18.2 Å². The first kappa shape index (κ1) is 23.7. The number of halogens is 3. The minimum absolute atomic E-state index is 0.170. The van der Waals surface area contributed by atoms with Crippen LogP contribution in [0.15, 0.2) is 48.1 Å². The molecule has 0 saturated carbocycles. The molecule has 0 radical (unpaired) electrons. The number of nitro benzene ring substituents is 1. The van der Waals surface area contributed by atoms with Gasteiger partial charge >= 0.3 is 6.18 Å². The summed E-state index contributed by atoms with van der Waals surface area (Å²) in [5.41, 5.74) is 1.83. The van der Waals surface area contributed by atoms with Crippen LogP contribution in [-0.4, -0.2) is 24.4 Å². The van der Waals surface area contributed by atoms with Gasteiger partial charge in [-0.05, 0) is 50.1 Å². The van der Waals surface area contributed by atoms with Crippen molar-refractivity contribution in [1.29, 1.82) is 0 Å². The highest BCUT2D eigenvalue weighted by Crippen LogP contribution is 2.35. The molecule has 0 aromatic heterocycles. The van der Waals surface area contributed by atoms with Gasteiger partial charge in [0.05, 0.1) is 29.9 Å². The van der Waals surface area contributed by atoms with Crippen LogP contribution in [-0.2, 0) is 12.6 Å². The molecule has 0 saturated heterocycles. The smallest absolute Gasteiger partial charge is 0.416 e. The van der Waals surface area contributed by atoms with E-state index in [4.69, 9.17) is 9.47 Å². The van der Waals surface area contributed by atoms with Crippen molar-refractivity contribution in [3.63, 3.8) is 0 Å². The third-order valence-corrected chi connectivity index (χ3v) is 4.03. The molecule has 0 atom stereocenters. The Morgan fingerprint density at radius 2 is 1.90 bits per heavy atom. The number of benzene rings is 2. The maximum Gasteiger partial charge on any atom is 0.416 e. The van der Waals surface area contributed by atoms with Gasteiger partial charge in [0.1, 0.15) is 5.69 Å². The minimum atomic E-state index is -4.69. The Labute approximate surface area is 177 Å². The number of ether oxygens (including phenoxy) is 2. The Bertz CT molecular complexity index is 975. The SMILES string of the molecule is C=CCc1cc(/C=N\Nc2ccc(C(F)(F)F)cc2[N+](=O)[O-])cc(OCC)c1OCC. The van der Waals surface area contributed by atoms with Gasteiger partial charge < -0.3 is 9.47 Å². The number of alkyl halides is 3. The summed E-state index contributed by atoms with van der Waals surface area (Å²) in [6, 6.07) is 5.65. The van der Waals surface area contributed by atoms with Crippen molar-refractivity contribution in [2.75, 3.05) is 18.6 Å². The molecular formula is C21H22F3N3O4. The number of hydrogen-bond donors (Lipinski definition) is 1. The van der Waals surface area contributed by atoms with Crippen molar-refractivity contribution in [2.24, 2.45) is 5.10 Å². The number of allylic oxidation sites excluding steroid dienone is 1. The van der Waals surface area contributed by atoms with Crippen LogP contribution in [0.2, 0.25) is 0 Å². The van der Waals surface area contributed by atoms with E-state index in [9.17, 15) is 23.3 Å². The zero-order chi connectivity index (χ0) is 23.0. The Morgan fingerprint density at radius 1 is 1.19 bits per heavy atom. The van der Waals surface area contributed by atoms with Gasteiger partial charge in [-0.15, -0.1) is 6.58 Å². The van der Waals surface area contributed by atoms with Crippen LogP contribution < -0.4 is 14.9 Å². The van der Waals surface area contributed by atoms with Crippen molar-refractivity contribution in [2.45, 2.75) is 26.4 Å². The van der Waals surface area contributed by atoms with Crippen LogP contribution in [0.5, 0.6) is 11.5 Å². The maximum atomic E-state index is 12.8. The van der Waals surface area contributed by atoms with Gasteiger partial charge in [0.2, 0.25) is 0 Å². The first-order chi connectivity index (χ1) is 14.7. The fraction of sp³-hybridized carbons (Fsp3) is 0.286. The van der Waals surface area contributed by atoms with Gasteiger partial charge in [0, 0.05) is 11.6 Å². The summed E-state index contributed by atoms with van der Waals surface area (Å²) in [5, 5.41) is 15.1. The van der Waals surface area contributed by atoms with Gasteiger partial charge in [0.25, 0.3) is 5.69 Å². The summed E-state index contributed by atoms with van der Waals surface area (Å²) in [7, 11) is 0. The maximum absolute atomic E-state index is 12.8. The zero-order valence-electron chi connectivity index (χ0n) is 17.0. The van der Waals surface area contributed by atoms with Gasteiger partial charge in [-0.3, -0.25) is 15.5 Å². The van der Waals surface area contributed by atoms with E-state index in [2.05, 4.69) is 17.1 Å². The highest BCUT2D eigenvalue weighted by atomic mass is 19.4. The molecule has 7 nitrogen and oxygen atoms in total. The van der Waals surface area contributed by atoms with Crippen molar-refractivity contribution in [3.8, 4) is 11.5 Å². The quantitative estimate of drug-likeness (QED) is 0.227. The van der Waals surface area contributed by atoms with E-state index in [0.29, 0.717) is 42.8 Å². The summed E-state index contributed by atoms with van der Waals surface area (Å²) >= 11 is 0. The molecule has 10 heteroatoms. The van der Waals surface area contributed by atoms with Crippen molar-refractivity contribution in [3.05, 3.63) is 69.8 Å². The summed E-state index contributed by atoms with van der Waals surface area (Å²) in [6.45, 7) is 8.26. The monoisotopic (exact) mass is 437 g/mol. The van der Waals surface area contributed by atoms with E-state index in [1.165, 1.54) is 6.21 Å². The summed E-state index contributed by atoms with van der Waals surface area (Å²) in [5.74, 6) is 1.10. The first-order valence-corrected chi connectivity index (χ1v) is 9.39. The van der Waals surface area contributed by atoms with Crippen LogP contribution in [0.3, 0.4) is 0 Å². The fourth-order valence-electron chi connectivity index (χ4n) is 2.77. The molecule has 0 aliphatic heterocycles. The Kier molecular flexibility index (Phi) is 8.00. The molecule has 31 heavy (non-hydrogen) atoms. The Hall–Kier alpha value is -3.56. The van der Waals surface area contributed by atoms with Gasteiger partial charge in [-0.2, -0.15) is 18.3 Å². The molecule has 0 aliphatic carbocycles. The molecule has 0 aliphatic rings. The molecule has 0 amide bonds. The van der Waals surface area contributed by atoms with Crippen LogP contribution in [0.1, 0.15) is 30.5 Å². The lowest BCUT2D eigenvalue weighted by Crippen LogP contribution is -2.07. The van der Waals surface area contributed by atoms with E-state index in [1.807, 2.05) is 13.8 Å². The Morgan fingerprint density at radius 3 is 2.48 bits per heavy atom.